The smallest absolute Gasteiger partial charge is 0.411 e. The fraction of sp³-hybridized carbons (Fsp3) is 0.667. The molecule has 122 valence electrons. The lowest BCUT2D eigenvalue weighted by molar-refractivity contribution is -0.0886. The highest BCUT2D eigenvalue weighted by Crippen LogP contribution is 2.16. The Kier molecular flexibility index (Phi) is 8.92. The molecule has 0 heterocycles. The van der Waals surface area contributed by atoms with Gasteiger partial charge in [-0.05, 0) is 20.8 Å². The number of rotatable bonds is 9. The number of aliphatic hydroxyl groups excluding tert-OH is 1. The van der Waals surface area contributed by atoms with Gasteiger partial charge in [0.05, 0.1) is 12.6 Å². The van der Waals surface area contributed by atoms with Crippen LogP contribution in [0.2, 0.25) is 0 Å². The normalized spacial score (nSPS) is 14.1. The highest BCUT2D eigenvalue weighted by atomic mass is 16.7. The van der Waals surface area contributed by atoms with Crippen molar-refractivity contribution in [1.82, 2.24) is 4.90 Å². The number of hydrogen-bond donors (Lipinski definition) is 1. The number of nitrogens with zero attached hydrogens (tertiary/aromatic N) is 1. The van der Waals surface area contributed by atoms with E-state index in [9.17, 15) is 9.90 Å². The summed E-state index contributed by atoms with van der Waals surface area (Å²) in [6, 6.07) is -0.634. The Morgan fingerprint density at radius 2 is 2.00 bits per heavy atom. The summed E-state index contributed by atoms with van der Waals surface area (Å²) < 4.78 is 15.6. The van der Waals surface area contributed by atoms with Crippen molar-refractivity contribution >= 4 is 6.09 Å². The van der Waals surface area contributed by atoms with E-state index in [-0.39, 0.29) is 19.9 Å². The molecule has 6 nitrogen and oxygen atoms in total. The number of carbonyl (C=O) groups excluding carboxylic acids is 1. The third-order valence-electron chi connectivity index (χ3n) is 2.53. The number of hydrogen-bond acceptors (Lipinski definition) is 5. The predicted molar refractivity (Wildman–Crippen MR) is 81.0 cm³/mol. The molecule has 1 amide bonds. The van der Waals surface area contributed by atoms with Gasteiger partial charge in [0, 0.05) is 13.7 Å². The third-order valence-corrected chi connectivity index (χ3v) is 2.53. The van der Waals surface area contributed by atoms with E-state index in [0.717, 1.165) is 0 Å². The summed E-state index contributed by atoms with van der Waals surface area (Å²) in [6.07, 6.45) is 1.94. The Labute approximate surface area is 127 Å². The van der Waals surface area contributed by atoms with Crippen LogP contribution in [0.3, 0.4) is 0 Å². The minimum atomic E-state index is -0.634. The van der Waals surface area contributed by atoms with Gasteiger partial charge in [0.15, 0.2) is 0 Å². The maximum absolute atomic E-state index is 12.3. The number of amides is 1. The first-order valence-electron chi connectivity index (χ1n) is 6.75. The molecule has 0 radical (unpaired) electrons. The molecule has 0 aromatic heterocycles. The molecule has 21 heavy (non-hydrogen) atoms. The second-order valence-electron chi connectivity index (χ2n) is 5.44. The van der Waals surface area contributed by atoms with Gasteiger partial charge in [-0.25, -0.2) is 4.79 Å². The van der Waals surface area contributed by atoms with Crippen LogP contribution >= 0.6 is 0 Å². The Bertz CT molecular complexity index is 337. The van der Waals surface area contributed by atoms with Crippen molar-refractivity contribution in [3.05, 3.63) is 25.3 Å². The lowest BCUT2D eigenvalue weighted by Crippen LogP contribution is -2.51. The fourth-order valence-corrected chi connectivity index (χ4v) is 1.67. The fourth-order valence-electron chi connectivity index (χ4n) is 1.67. The number of carbonyl (C=O) groups is 1. The largest absolute Gasteiger partial charge is 0.444 e. The number of ether oxygens (including phenoxy) is 3. The van der Waals surface area contributed by atoms with Crippen molar-refractivity contribution in [1.29, 1.82) is 0 Å². The number of aliphatic hydroxyl groups is 1. The van der Waals surface area contributed by atoms with Crippen LogP contribution in [-0.2, 0) is 14.2 Å². The Balaban J connectivity index is 5.12. The highest BCUT2D eigenvalue weighted by molar-refractivity contribution is 5.69. The van der Waals surface area contributed by atoms with E-state index in [1.807, 2.05) is 0 Å². The summed E-state index contributed by atoms with van der Waals surface area (Å²) >= 11 is 0. The first kappa shape index (κ1) is 19.6. The summed E-state index contributed by atoms with van der Waals surface area (Å²) in [7, 11) is 1.49. The monoisotopic (exact) mass is 301 g/mol. The van der Waals surface area contributed by atoms with Crippen LogP contribution < -0.4 is 0 Å². The zero-order chi connectivity index (χ0) is 16.5. The van der Waals surface area contributed by atoms with Gasteiger partial charge in [0.2, 0.25) is 0 Å². The summed E-state index contributed by atoms with van der Waals surface area (Å²) in [5.74, 6) is 0. The molecule has 0 aliphatic carbocycles. The zero-order valence-electron chi connectivity index (χ0n) is 13.4. The van der Waals surface area contributed by atoms with E-state index in [0.29, 0.717) is 0 Å². The molecule has 0 unspecified atom stereocenters. The first-order valence-corrected chi connectivity index (χ1v) is 6.75. The SMILES string of the molecule is C=CCN(C(=O)OC(C)(C)C)[C@@H](CO)[C@@H](C=C)OCOC. The van der Waals surface area contributed by atoms with Crippen molar-refractivity contribution in [2.75, 3.05) is 27.1 Å². The number of methoxy groups -OCH3 is 1. The minimum absolute atomic E-state index is 0.0312. The highest BCUT2D eigenvalue weighted by Gasteiger charge is 2.32. The van der Waals surface area contributed by atoms with Crippen LogP contribution in [-0.4, -0.2) is 60.9 Å². The van der Waals surface area contributed by atoms with E-state index in [2.05, 4.69) is 13.2 Å². The van der Waals surface area contributed by atoms with Crippen molar-refractivity contribution in [3.8, 4) is 0 Å². The van der Waals surface area contributed by atoms with Gasteiger partial charge < -0.3 is 19.3 Å². The maximum Gasteiger partial charge on any atom is 0.411 e. The van der Waals surface area contributed by atoms with Crippen LogP contribution in [0.25, 0.3) is 0 Å². The van der Waals surface area contributed by atoms with Crippen LogP contribution in [0.15, 0.2) is 25.3 Å². The average Bonchev–Trinajstić information content (AvgIpc) is 2.39. The molecule has 0 saturated heterocycles. The molecule has 0 aromatic carbocycles. The Morgan fingerprint density at radius 1 is 1.38 bits per heavy atom. The summed E-state index contributed by atoms with van der Waals surface area (Å²) in [5, 5.41) is 9.62. The van der Waals surface area contributed by atoms with Crippen LogP contribution in [0.5, 0.6) is 0 Å². The van der Waals surface area contributed by atoms with Crippen molar-refractivity contribution in [2.24, 2.45) is 0 Å². The van der Waals surface area contributed by atoms with Gasteiger partial charge in [0.1, 0.15) is 18.5 Å². The van der Waals surface area contributed by atoms with Crippen molar-refractivity contribution in [3.63, 3.8) is 0 Å². The molecule has 0 aliphatic heterocycles. The average molecular weight is 301 g/mol. The molecule has 6 heteroatoms. The van der Waals surface area contributed by atoms with E-state index < -0.39 is 23.8 Å². The summed E-state index contributed by atoms with van der Waals surface area (Å²) in [6.45, 7) is 12.6. The van der Waals surface area contributed by atoms with E-state index in [1.165, 1.54) is 18.1 Å². The lowest BCUT2D eigenvalue weighted by Gasteiger charge is -2.35. The Hall–Kier alpha value is -1.37. The quantitative estimate of drug-likeness (QED) is 0.521. The molecular formula is C15H27NO5. The lowest BCUT2D eigenvalue weighted by atomic mass is 10.1. The van der Waals surface area contributed by atoms with Crippen molar-refractivity contribution in [2.45, 2.75) is 38.5 Å². The van der Waals surface area contributed by atoms with E-state index in [4.69, 9.17) is 14.2 Å². The van der Waals surface area contributed by atoms with E-state index in [1.54, 1.807) is 26.8 Å². The summed E-state index contributed by atoms with van der Waals surface area (Å²) in [4.78, 5) is 13.6. The van der Waals surface area contributed by atoms with Crippen LogP contribution in [0, 0.1) is 0 Å². The van der Waals surface area contributed by atoms with Gasteiger partial charge in [0.25, 0.3) is 0 Å². The molecule has 0 aliphatic rings. The predicted octanol–water partition coefficient (Wildman–Crippen LogP) is 1.95. The zero-order valence-corrected chi connectivity index (χ0v) is 13.4. The van der Waals surface area contributed by atoms with Crippen molar-refractivity contribution < 1.29 is 24.1 Å². The third kappa shape index (κ3) is 7.27. The van der Waals surface area contributed by atoms with Gasteiger partial charge in [-0.1, -0.05) is 12.2 Å². The van der Waals surface area contributed by atoms with Gasteiger partial charge in [-0.15, -0.1) is 13.2 Å². The molecule has 0 spiro atoms. The second-order valence-corrected chi connectivity index (χ2v) is 5.44. The molecule has 0 fully saturated rings. The minimum Gasteiger partial charge on any atom is -0.444 e. The summed E-state index contributed by atoms with van der Waals surface area (Å²) in [5.41, 5.74) is -0.631. The van der Waals surface area contributed by atoms with Gasteiger partial charge >= 0.3 is 6.09 Å². The molecule has 0 aromatic rings. The van der Waals surface area contributed by atoms with E-state index >= 15 is 0 Å². The van der Waals surface area contributed by atoms with Gasteiger partial charge in [-0.3, -0.25) is 4.90 Å². The molecule has 1 N–H and O–H groups in total. The molecule has 0 bridgehead atoms. The standard InChI is InChI=1S/C15H27NO5/c1-7-9-16(14(18)21-15(3,4)5)12(10-17)13(8-2)20-11-19-6/h7-8,12-13,17H,1-2,9-11H2,3-6H3/t12-,13+/m0/s1. The maximum atomic E-state index is 12.3. The van der Waals surface area contributed by atoms with Crippen LogP contribution in [0.4, 0.5) is 4.79 Å². The second kappa shape index (κ2) is 9.55. The Morgan fingerprint density at radius 3 is 2.38 bits per heavy atom. The topological polar surface area (TPSA) is 68.2 Å². The molecule has 2 atom stereocenters. The first-order chi connectivity index (χ1) is 9.80. The van der Waals surface area contributed by atoms with Gasteiger partial charge in [-0.2, -0.15) is 0 Å². The van der Waals surface area contributed by atoms with Crippen LogP contribution in [0.1, 0.15) is 20.8 Å². The molecule has 0 saturated carbocycles. The molecular weight excluding hydrogens is 274 g/mol. The molecule has 0 rings (SSSR count).